The molecule has 2 aromatic heterocycles. The highest BCUT2D eigenvalue weighted by Gasteiger charge is 2.06. The lowest BCUT2D eigenvalue weighted by Crippen LogP contribution is -2.03. The summed E-state index contributed by atoms with van der Waals surface area (Å²) in [6.45, 7) is 1.41. The van der Waals surface area contributed by atoms with Gasteiger partial charge in [0.15, 0.2) is 0 Å². The summed E-state index contributed by atoms with van der Waals surface area (Å²) in [5.41, 5.74) is 1.13. The number of nitrogens with one attached hydrogen (secondary N) is 1. The second-order valence-electron chi connectivity index (χ2n) is 4.26. The third-order valence-electron chi connectivity index (χ3n) is 2.92. The van der Waals surface area contributed by atoms with Gasteiger partial charge < -0.3 is 9.73 Å². The molecule has 1 N–H and O–H groups in total. The van der Waals surface area contributed by atoms with Crippen molar-refractivity contribution in [3.05, 3.63) is 54.1 Å². The Hall–Kier alpha value is -2.07. The molecule has 4 nitrogen and oxygen atoms in total. The van der Waals surface area contributed by atoms with Crippen molar-refractivity contribution < 1.29 is 4.42 Å². The molecule has 0 aliphatic carbocycles. The van der Waals surface area contributed by atoms with Crippen molar-refractivity contribution >= 4 is 10.9 Å². The van der Waals surface area contributed by atoms with Crippen LogP contribution in [0.4, 0.5) is 0 Å². The van der Waals surface area contributed by atoms with Crippen molar-refractivity contribution in [3.8, 4) is 0 Å². The zero-order chi connectivity index (χ0) is 12.4. The molecule has 1 aromatic carbocycles. The number of hydrogen-bond donors (Lipinski definition) is 1. The predicted molar refractivity (Wildman–Crippen MR) is 70.3 cm³/mol. The number of rotatable bonds is 4. The Kier molecular flexibility index (Phi) is 2.86. The van der Waals surface area contributed by atoms with Gasteiger partial charge in [0.25, 0.3) is 0 Å². The fourth-order valence-electron chi connectivity index (χ4n) is 2.08. The van der Waals surface area contributed by atoms with Gasteiger partial charge in [0, 0.05) is 5.39 Å². The third kappa shape index (κ3) is 2.02. The Labute approximate surface area is 105 Å². The molecule has 3 aromatic rings. The van der Waals surface area contributed by atoms with E-state index in [1.54, 1.807) is 0 Å². The van der Waals surface area contributed by atoms with E-state index in [1.807, 2.05) is 42.2 Å². The van der Waals surface area contributed by atoms with Gasteiger partial charge in [-0.25, -0.2) is 0 Å². The van der Waals surface area contributed by atoms with Crippen molar-refractivity contribution in [1.29, 1.82) is 0 Å². The summed E-state index contributed by atoms with van der Waals surface area (Å²) in [5.74, 6) is 1.87. The summed E-state index contributed by atoms with van der Waals surface area (Å²) in [4.78, 5) is 0. The second kappa shape index (κ2) is 4.66. The van der Waals surface area contributed by atoms with Crippen molar-refractivity contribution in [3.63, 3.8) is 0 Å². The molecule has 0 aliphatic rings. The summed E-state index contributed by atoms with van der Waals surface area (Å²) in [7, 11) is 1.91. The van der Waals surface area contributed by atoms with Crippen LogP contribution in [0.5, 0.6) is 0 Å². The number of furan rings is 1. The minimum Gasteiger partial charge on any atom is -0.463 e. The van der Waals surface area contributed by atoms with E-state index < -0.39 is 0 Å². The molecule has 0 saturated carbocycles. The highest BCUT2D eigenvalue weighted by molar-refractivity contribution is 5.78. The third-order valence-corrected chi connectivity index (χ3v) is 2.92. The molecule has 0 bridgehead atoms. The van der Waals surface area contributed by atoms with Gasteiger partial charge in [-0.3, -0.25) is 4.68 Å². The van der Waals surface area contributed by atoms with E-state index in [0.29, 0.717) is 6.54 Å². The fraction of sp³-hybridized carbons (Fsp3) is 0.214. The first-order valence-corrected chi connectivity index (χ1v) is 5.99. The smallest absolute Gasteiger partial charge is 0.125 e. The number of para-hydroxylation sites is 1. The van der Waals surface area contributed by atoms with Crippen LogP contribution in [0.3, 0.4) is 0 Å². The van der Waals surface area contributed by atoms with E-state index in [-0.39, 0.29) is 0 Å². The number of nitrogens with zero attached hydrogens (tertiary/aromatic N) is 2. The number of aromatic nitrogens is 2. The molecule has 0 radical (unpaired) electrons. The monoisotopic (exact) mass is 241 g/mol. The van der Waals surface area contributed by atoms with Crippen LogP contribution in [-0.4, -0.2) is 16.8 Å². The first-order chi connectivity index (χ1) is 8.86. The van der Waals surface area contributed by atoms with Gasteiger partial charge in [-0.1, -0.05) is 18.2 Å². The lowest BCUT2D eigenvalue weighted by atomic mass is 10.2. The predicted octanol–water partition coefficient (Wildman–Crippen LogP) is 2.40. The minimum atomic E-state index is 0.664. The number of hydrogen-bond acceptors (Lipinski definition) is 3. The maximum atomic E-state index is 5.72. The largest absolute Gasteiger partial charge is 0.463 e. The Morgan fingerprint density at radius 2 is 2.00 bits per heavy atom. The quantitative estimate of drug-likeness (QED) is 0.762. The Morgan fingerprint density at radius 1 is 1.17 bits per heavy atom. The summed E-state index contributed by atoms with van der Waals surface area (Å²) < 4.78 is 7.68. The van der Waals surface area contributed by atoms with Crippen LogP contribution in [0, 0.1) is 0 Å². The lowest BCUT2D eigenvalue weighted by molar-refractivity contribution is 0.439. The molecule has 4 heteroatoms. The van der Waals surface area contributed by atoms with E-state index in [0.717, 1.165) is 29.0 Å². The van der Waals surface area contributed by atoms with Gasteiger partial charge in [-0.2, -0.15) is 5.10 Å². The zero-order valence-electron chi connectivity index (χ0n) is 10.3. The minimum absolute atomic E-state index is 0.664. The molecular weight excluding hydrogens is 226 g/mol. The van der Waals surface area contributed by atoms with Crippen LogP contribution in [0.25, 0.3) is 10.9 Å². The van der Waals surface area contributed by atoms with Gasteiger partial charge in [0.05, 0.1) is 24.8 Å². The van der Waals surface area contributed by atoms with Gasteiger partial charge >= 0.3 is 0 Å². The van der Waals surface area contributed by atoms with Crippen LogP contribution in [0.15, 0.2) is 47.0 Å². The first kappa shape index (κ1) is 11.0. The fourth-order valence-corrected chi connectivity index (χ4v) is 2.08. The average Bonchev–Trinajstić information content (AvgIpc) is 2.99. The normalized spacial score (nSPS) is 11.2. The summed E-state index contributed by atoms with van der Waals surface area (Å²) in [5, 5.41) is 8.61. The van der Waals surface area contributed by atoms with Gasteiger partial charge in [0.2, 0.25) is 0 Å². The van der Waals surface area contributed by atoms with Crippen molar-refractivity contribution in [1.82, 2.24) is 15.1 Å². The van der Waals surface area contributed by atoms with Crippen LogP contribution in [0.2, 0.25) is 0 Å². The molecule has 0 amide bonds. The zero-order valence-corrected chi connectivity index (χ0v) is 10.3. The molecule has 92 valence electrons. The Bertz CT molecular complexity index is 654. The topological polar surface area (TPSA) is 43.0 Å². The molecule has 0 spiro atoms. The SMILES string of the molecule is CNCc1ccc(Cn2ncc3ccccc32)o1. The van der Waals surface area contributed by atoms with E-state index in [9.17, 15) is 0 Å². The Balaban J connectivity index is 1.87. The molecule has 3 rings (SSSR count). The molecule has 0 unspecified atom stereocenters. The highest BCUT2D eigenvalue weighted by atomic mass is 16.3. The van der Waals surface area contributed by atoms with E-state index in [4.69, 9.17) is 4.42 Å². The van der Waals surface area contributed by atoms with Gasteiger partial charge in [0.1, 0.15) is 11.5 Å². The van der Waals surface area contributed by atoms with Crippen molar-refractivity contribution in [2.75, 3.05) is 7.05 Å². The van der Waals surface area contributed by atoms with Crippen LogP contribution in [0.1, 0.15) is 11.5 Å². The molecular formula is C14H15N3O. The van der Waals surface area contributed by atoms with E-state index in [1.165, 1.54) is 0 Å². The van der Waals surface area contributed by atoms with Crippen LogP contribution < -0.4 is 5.32 Å². The number of benzene rings is 1. The highest BCUT2D eigenvalue weighted by Crippen LogP contribution is 2.15. The summed E-state index contributed by atoms with van der Waals surface area (Å²) in [6, 6.07) is 12.2. The molecule has 0 atom stereocenters. The summed E-state index contributed by atoms with van der Waals surface area (Å²) in [6.07, 6.45) is 1.88. The lowest BCUT2D eigenvalue weighted by Gasteiger charge is -2.01. The van der Waals surface area contributed by atoms with Crippen LogP contribution >= 0.6 is 0 Å². The average molecular weight is 241 g/mol. The van der Waals surface area contributed by atoms with E-state index >= 15 is 0 Å². The molecule has 0 saturated heterocycles. The van der Waals surface area contributed by atoms with Crippen LogP contribution in [-0.2, 0) is 13.1 Å². The second-order valence-corrected chi connectivity index (χ2v) is 4.26. The summed E-state index contributed by atoms with van der Waals surface area (Å²) >= 11 is 0. The Morgan fingerprint density at radius 3 is 2.89 bits per heavy atom. The van der Waals surface area contributed by atoms with Gasteiger partial charge in [-0.05, 0) is 25.2 Å². The van der Waals surface area contributed by atoms with E-state index in [2.05, 4.69) is 22.5 Å². The maximum absolute atomic E-state index is 5.72. The van der Waals surface area contributed by atoms with Crippen molar-refractivity contribution in [2.24, 2.45) is 0 Å². The molecule has 0 fully saturated rings. The first-order valence-electron chi connectivity index (χ1n) is 5.99. The molecule has 18 heavy (non-hydrogen) atoms. The molecule has 2 heterocycles. The molecule has 0 aliphatic heterocycles. The standard InChI is InChI=1S/C14H15N3O/c1-15-9-12-6-7-13(18-12)10-17-14-5-3-2-4-11(14)8-16-17/h2-8,15H,9-10H2,1H3. The van der Waals surface area contributed by atoms with Gasteiger partial charge in [-0.15, -0.1) is 0 Å². The van der Waals surface area contributed by atoms with Crippen molar-refractivity contribution in [2.45, 2.75) is 13.1 Å². The maximum Gasteiger partial charge on any atom is 0.125 e. The number of fused-ring (bicyclic) bond motifs is 1.